The van der Waals surface area contributed by atoms with E-state index < -0.39 is 15.4 Å². The van der Waals surface area contributed by atoms with Crippen LogP contribution < -0.4 is 5.46 Å². The number of rotatable bonds is 6. The average Bonchev–Trinajstić information content (AvgIpc) is 2.35. The molecule has 0 aliphatic carbocycles. The van der Waals surface area contributed by atoms with Crippen LogP contribution in [0.3, 0.4) is 0 Å². The minimum absolute atomic E-state index is 0.214. The van der Waals surface area contributed by atoms with Crippen molar-refractivity contribution in [3.63, 3.8) is 0 Å². The molecular formula is C16H29BO3Si. The average molecular weight is 308 g/mol. The van der Waals surface area contributed by atoms with Gasteiger partial charge in [0.2, 0.25) is 0 Å². The molecule has 0 saturated carbocycles. The van der Waals surface area contributed by atoms with Crippen molar-refractivity contribution in [3.05, 3.63) is 29.8 Å². The first kappa shape index (κ1) is 18.4. The second-order valence-corrected chi connectivity index (χ2v) is 12.3. The highest BCUT2D eigenvalue weighted by Gasteiger charge is 2.37. The van der Waals surface area contributed by atoms with Crippen LogP contribution in [0.15, 0.2) is 24.3 Å². The fourth-order valence-corrected chi connectivity index (χ4v) is 3.11. The van der Waals surface area contributed by atoms with Crippen LogP contribution in [0.1, 0.15) is 33.3 Å². The van der Waals surface area contributed by atoms with Crippen molar-refractivity contribution in [2.24, 2.45) is 5.92 Å². The Balaban J connectivity index is 2.65. The summed E-state index contributed by atoms with van der Waals surface area (Å²) in [6.07, 6.45) is 0.794. The quantitative estimate of drug-likeness (QED) is 0.794. The maximum Gasteiger partial charge on any atom is 0.488 e. The van der Waals surface area contributed by atoms with E-state index in [0.29, 0.717) is 18.0 Å². The Morgan fingerprint density at radius 2 is 1.76 bits per heavy atom. The normalized spacial score (nSPS) is 14.1. The summed E-state index contributed by atoms with van der Waals surface area (Å²) in [5.74, 6) is 0.346. The molecule has 118 valence electrons. The van der Waals surface area contributed by atoms with E-state index in [2.05, 4.69) is 40.8 Å². The Kier molecular flexibility index (Phi) is 6.23. The smallest absolute Gasteiger partial charge is 0.423 e. The Morgan fingerprint density at radius 3 is 2.29 bits per heavy atom. The van der Waals surface area contributed by atoms with E-state index in [1.807, 2.05) is 18.2 Å². The molecule has 5 heteroatoms. The summed E-state index contributed by atoms with van der Waals surface area (Å²) in [5.41, 5.74) is 1.58. The molecule has 1 aromatic carbocycles. The van der Waals surface area contributed by atoms with Gasteiger partial charge >= 0.3 is 7.12 Å². The van der Waals surface area contributed by atoms with Gasteiger partial charge in [0, 0.05) is 6.61 Å². The lowest BCUT2D eigenvalue weighted by molar-refractivity contribution is 0.237. The molecule has 0 aliphatic heterocycles. The van der Waals surface area contributed by atoms with Crippen molar-refractivity contribution in [2.45, 2.75) is 52.2 Å². The lowest BCUT2D eigenvalue weighted by atomic mass is 9.75. The molecular weight excluding hydrogens is 279 g/mol. The maximum absolute atomic E-state index is 9.41. The molecule has 3 nitrogen and oxygen atoms in total. The minimum atomic E-state index is -1.72. The fourth-order valence-electron chi connectivity index (χ4n) is 1.97. The van der Waals surface area contributed by atoms with Crippen molar-refractivity contribution in [3.8, 4) is 0 Å². The monoisotopic (exact) mass is 308 g/mol. The molecule has 0 aromatic heterocycles. The molecule has 0 fully saturated rings. The Morgan fingerprint density at radius 1 is 1.19 bits per heavy atom. The summed E-state index contributed by atoms with van der Waals surface area (Å²) in [4.78, 5) is 0. The molecule has 21 heavy (non-hydrogen) atoms. The van der Waals surface area contributed by atoms with Crippen LogP contribution >= 0.6 is 0 Å². The van der Waals surface area contributed by atoms with Crippen LogP contribution in [0.5, 0.6) is 0 Å². The van der Waals surface area contributed by atoms with Gasteiger partial charge in [0.25, 0.3) is 0 Å². The predicted octanol–water partition coefficient (Wildman–Crippen LogP) is 2.57. The van der Waals surface area contributed by atoms with Crippen LogP contribution in [-0.2, 0) is 10.8 Å². The second-order valence-electron chi connectivity index (χ2n) is 7.45. The molecule has 0 bridgehead atoms. The zero-order valence-electron chi connectivity index (χ0n) is 14.2. The SMILES string of the molecule is CC(CO[Si](C)(C)C(C)(C)C)Cc1ccccc1B(O)O. The Hall–Kier alpha value is -0.618. The lowest BCUT2D eigenvalue weighted by Crippen LogP contribution is -2.42. The summed E-state index contributed by atoms with van der Waals surface area (Å²) in [5, 5.41) is 19.0. The largest absolute Gasteiger partial charge is 0.488 e. The number of hydrogen-bond donors (Lipinski definition) is 2. The first-order valence-electron chi connectivity index (χ1n) is 7.62. The van der Waals surface area contributed by atoms with Gasteiger partial charge in [0.05, 0.1) is 0 Å². The topological polar surface area (TPSA) is 49.7 Å². The molecule has 1 unspecified atom stereocenters. The first-order chi connectivity index (χ1) is 9.54. The van der Waals surface area contributed by atoms with Gasteiger partial charge in [-0.15, -0.1) is 0 Å². The van der Waals surface area contributed by atoms with Gasteiger partial charge in [-0.3, -0.25) is 0 Å². The van der Waals surface area contributed by atoms with Gasteiger partial charge in [0.1, 0.15) is 0 Å². The van der Waals surface area contributed by atoms with Crippen molar-refractivity contribution < 1.29 is 14.5 Å². The molecule has 1 atom stereocenters. The van der Waals surface area contributed by atoms with Gasteiger partial charge < -0.3 is 14.5 Å². The van der Waals surface area contributed by atoms with Crippen LogP contribution in [-0.4, -0.2) is 32.1 Å². The third-order valence-electron chi connectivity index (χ3n) is 4.44. The van der Waals surface area contributed by atoms with Gasteiger partial charge in [-0.2, -0.15) is 0 Å². The highest BCUT2D eigenvalue weighted by Crippen LogP contribution is 2.36. The molecule has 2 N–H and O–H groups in total. The van der Waals surface area contributed by atoms with E-state index in [4.69, 9.17) is 4.43 Å². The van der Waals surface area contributed by atoms with Gasteiger partial charge in [0.15, 0.2) is 8.32 Å². The number of hydrogen-bond acceptors (Lipinski definition) is 3. The van der Waals surface area contributed by atoms with E-state index >= 15 is 0 Å². The standard InChI is InChI=1S/C16H29BO3Si/c1-13(12-20-21(5,6)16(2,3)4)11-14-9-7-8-10-15(14)17(18)19/h7-10,13,18-19H,11-12H2,1-6H3. The summed E-state index contributed by atoms with van der Waals surface area (Å²) in [7, 11) is -3.13. The maximum atomic E-state index is 9.41. The summed E-state index contributed by atoms with van der Waals surface area (Å²) in [6, 6.07) is 7.48. The predicted molar refractivity (Wildman–Crippen MR) is 92.3 cm³/mol. The molecule has 0 spiro atoms. The van der Waals surface area contributed by atoms with Crippen molar-refractivity contribution in [1.29, 1.82) is 0 Å². The third-order valence-corrected chi connectivity index (χ3v) is 8.94. The molecule has 0 heterocycles. The van der Waals surface area contributed by atoms with Crippen LogP contribution in [0.25, 0.3) is 0 Å². The van der Waals surface area contributed by atoms with Crippen LogP contribution in [0, 0.1) is 5.92 Å². The molecule has 1 aromatic rings. The molecule has 0 radical (unpaired) electrons. The molecule has 0 aliphatic rings. The van der Waals surface area contributed by atoms with Crippen molar-refractivity contribution in [1.82, 2.24) is 0 Å². The van der Waals surface area contributed by atoms with E-state index in [1.54, 1.807) is 6.07 Å². The van der Waals surface area contributed by atoms with Gasteiger partial charge in [-0.1, -0.05) is 52.0 Å². The number of benzene rings is 1. The first-order valence-corrected chi connectivity index (χ1v) is 10.5. The van der Waals surface area contributed by atoms with Gasteiger partial charge in [-0.05, 0) is 41.5 Å². The van der Waals surface area contributed by atoms with Crippen molar-refractivity contribution in [2.75, 3.05) is 6.61 Å². The summed E-state index contributed by atoms with van der Waals surface area (Å²) < 4.78 is 6.24. The summed E-state index contributed by atoms with van der Waals surface area (Å²) >= 11 is 0. The zero-order chi connectivity index (χ0) is 16.3. The zero-order valence-corrected chi connectivity index (χ0v) is 15.2. The second kappa shape index (κ2) is 7.09. The molecule has 0 saturated heterocycles. The highest BCUT2D eigenvalue weighted by molar-refractivity contribution is 6.74. The lowest BCUT2D eigenvalue weighted by Gasteiger charge is -2.37. The molecule has 0 amide bonds. The van der Waals surface area contributed by atoms with E-state index in [-0.39, 0.29) is 5.04 Å². The van der Waals surface area contributed by atoms with Crippen LogP contribution in [0.4, 0.5) is 0 Å². The van der Waals surface area contributed by atoms with E-state index in [0.717, 1.165) is 12.0 Å². The Bertz CT molecular complexity index is 455. The van der Waals surface area contributed by atoms with E-state index in [1.165, 1.54) is 0 Å². The summed E-state index contributed by atoms with van der Waals surface area (Å²) in [6.45, 7) is 14.1. The fraction of sp³-hybridized carbons (Fsp3) is 0.625. The van der Waals surface area contributed by atoms with Crippen LogP contribution in [0.2, 0.25) is 18.1 Å². The van der Waals surface area contributed by atoms with E-state index in [9.17, 15) is 10.0 Å². The molecule has 1 rings (SSSR count). The Labute approximate surface area is 130 Å². The highest BCUT2D eigenvalue weighted by atomic mass is 28.4. The van der Waals surface area contributed by atoms with Crippen molar-refractivity contribution >= 4 is 20.9 Å². The van der Waals surface area contributed by atoms with Gasteiger partial charge in [-0.25, -0.2) is 0 Å². The third kappa shape index (κ3) is 5.25. The minimum Gasteiger partial charge on any atom is -0.423 e.